The molecular weight excluding hydrogens is 308 g/mol. The van der Waals surface area contributed by atoms with Crippen LogP contribution in [0.25, 0.3) is 10.2 Å². The molecule has 0 bridgehead atoms. The lowest BCUT2D eigenvalue weighted by atomic mass is 10.2. The summed E-state index contributed by atoms with van der Waals surface area (Å²) in [5, 5.41) is 0.672. The third-order valence-electron chi connectivity index (χ3n) is 2.91. The van der Waals surface area contributed by atoms with E-state index in [0.29, 0.717) is 17.0 Å². The minimum Gasteiger partial charge on any atom is -0.462 e. The largest absolute Gasteiger partial charge is 0.462 e. The second-order valence-corrected chi connectivity index (χ2v) is 7.20. The van der Waals surface area contributed by atoms with E-state index < -0.39 is 0 Å². The highest BCUT2D eigenvalue weighted by molar-refractivity contribution is 7.99. The van der Waals surface area contributed by atoms with E-state index in [9.17, 15) is 9.59 Å². The Kier molecular flexibility index (Phi) is 5.05. The van der Waals surface area contributed by atoms with E-state index in [2.05, 4.69) is 9.97 Å². The van der Waals surface area contributed by atoms with Crippen LogP contribution in [0.5, 0.6) is 0 Å². The molecular formula is C14H18N2O3S2. The number of rotatable bonds is 5. The van der Waals surface area contributed by atoms with Crippen LogP contribution < -0.4 is 5.56 Å². The number of H-pyrrole nitrogens is 1. The molecule has 0 saturated carbocycles. The number of aromatic amines is 1. The normalized spacial score (nSPS) is 11.3. The van der Waals surface area contributed by atoms with E-state index >= 15 is 0 Å². The highest BCUT2D eigenvalue weighted by Crippen LogP contribution is 2.26. The number of thiophene rings is 1. The minimum absolute atomic E-state index is 0.107. The number of ether oxygens (including phenoxy) is 1. The molecule has 0 aliphatic carbocycles. The van der Waals surface area contributed by atoms with Crippen molar-refractivity contribution in [1.29, 1.82) is 0 Å². The number of esters is 1. The average Bonchev–Trinajstić information content (AvgIpc) is 2.64. The summed E-state index contributed by atoms with van der Waals surface area (Å²) in [5.74, 6) is 1.08. The lowest BCUT2D eigenvalue weighted by molar-refractivity contribution is -0.144. The van der Waals surface area contributed by atoms with Gasteiger partial charge in [0.05, 0.1) is 23.0 Å². The quantitative estimate of drug-likeness (QED) is 0.855. The van der Waals surface area contributed by atoms with Gasteiger partial charge in [-0.25, -0.2) is 4.98 Å². The van der Waals surface area contributed by atoms with Crippen LogP contribution in [0.2, 0.25) is 0 Å². The maximum Gasteiger partial charge on any atom is 0.316 e. The smallest absolute Gasteiger partial charge is 0.316 e. The number of nitrogens with one attached hydrogen (secondary N) is 1. The van der Waals surface area contributed by atoms with Gasteiger partial charge in [0.15, 0.2) is 0 Å². The lowest BCUT2D eigenvalue weighted by Crippen LogP contribution is -2.14. The third-order valence-corrected chi connectivity index (χ3v) is 4.93. The fourth-order valence-electron chi connectivity index (χ4n) is 1.90. The Morgan fingerprint density at radius 3 is 2.81 bits per heavy atom. The zero-order chi connectivity index (χ0) is 15.6. The van der Waals surface area contributed by atoms with Crippen molar-refractivity contribution in [1.82, 2.24) is 9.97 Å². The summed E-state index contributed by atoms with van der Waals surface area (Å²) in [7, 11) is 0. The van der Waals surface area contributed by atoms with Crippen molar-refractivity contribution in [3.05, 3.63) is 26.6 Å². The van der Waals surface area contributed by atoms with Gasteiger partial charge in [-0.3, -0.25) is 9.59 Å². The van der Waals surface area contributed by atoms with E-state index in [1.807, 2.05) is 27.7 Å². The first-order valence-electron chi connectivity index (χ1n) is 6.64. The molecule has 2 aromatic rings. The predicted octanol–water partition coefficient (Wildman–Crippen LogP) is 2.79. The van der Waals surface area contributed by atoms with E-state index in [4.69, 9.17) is 4.74 Å². The third kappa shape index (κ3) is 3.85. The Labute approximate surface area is 131 Å². The molecule has 0 radical (unpaired) electrons. The Bertz CT molecular complexity index is 719. The number of thioether (sulfide) groups is 1. The highest BCUT2D eigenvalue weighted by Gasteiger charge is 2.12. The van der Waals surface area contributed by atoms with Crippen LogP contribution in [-0.4, -0.2) is 27.8 Å². The number of hydrogen-bond acceptors (Lipinski definition) is 6. The Morgan fingerprint density at radius 2 is 2.14 bits per heavy atom. The molecule has 21 heavy (non-hydrogen) atoms. The van der Waals surface area contributed by atoms with Crippen LogP contribution in [0, 0.1) is 13.8 Å². The molecule has 0 amide bonds. The molecule has 2 aromatic heterocycles. The van der Waals surface area contributed by atoms with Crippen molar-refractivity contribution in [2.45, 2.75) is 39.6 Å². The van der Waals surface area contributed by atoms with E-state index in [1.54, 1.807) is 0 Å². The van der Waals surface area contributed by atoms with Crippen LogP contribution in [0.1, 0.15) is 30.1 Å². The van der Waals surface area contributed by atoms with Gasteiger partial charge >= 0.3 is 5.97 Å². The molecule has 1 N–H and O–H groups in total. The monoisotopic (exact) mass is 326 g/mol. The number of fused-ring (bicyclic) bond motifs is 1. The zero-order valence-corrected chi connectivity index (χ0v) is 14.1. The Morgan fingerprint density at radius 1 is 1.43 bits per heavy atom. The van der Waals surface area contributed by atoms with Crippen molar-refractivity contribution in [2.75, 3.05) is 5.75 Å². The first kappa shape index (κ1) is 16.0. The second kappa shape index (κ2) is 6.62. The fraction of sp³-hybridized carbons (Fsp3) is 0.500. The number of aryl methyl sites for hydroxylation is 2. The maximum absolute atomic E-state index is 12.1. The van der Waals surface area contributed by atoms with Crippen molar-refractivity contribution in [2.24, 2.45) is 0 Å². The van der Waals surface area contributed by atoms with Crippen LogP contribution in [0.3, 0.4) is 0 Å². The van der Waals surface area contributed by atoms with E-state index in [-0.39, 0.29) is 23.4 Å². The van der Waals surface area contributed by atoms with Crippen LogP contribution >= 0.6 is 23.1 Å². The minimum atomic E-state index is -0.249. The number of hydrogen-bond donors (Lipinski definition) is 1. The van der Waals surface area contributed by atoms with Gasteiger partial charge in [0.1, 0.15) is 10.7 Å². The van der Waals surface area contributed by atoms with Gasteiger partial charge in [-0.05, 0) is 33.3 Å². The lowest BCUT2D eigenvalue weighted by Gasteiger charge is -2.07. The molecule has 0 unspecified atom stereocenters. The van der Waals surface area contributed by atoms with Gasteiger partial charge in [0, 0.05) is 4.88 Å². The summed E-state index contributed by atoms with van der Waals surface area (Å²) in [6.07, 6.45) is -0.107. The summed E-state index contributed by atoms with van der Waals surface area (Å²) in [6, 6.07) is 0. The van der Waals surface area contributed by atoms with Crippen LogP contribution in [0.15, 0.2) is 4.79 Å². The molecule has 0 saturated heterocycles. The number of aromatic nitrogens is 2. The Hall–Kier alpha value is -1.34. The van der Waals surface area contributed by atoms with Gasteiger partial charge < -0.3 is 9.72 Å². The first-order valence-corrected chi connectivity index (χ1v) is 8.61. The molecule has 0 aliphatic heterocycles. The molecule has 2 rings (SSSR count). The summed E-state index contributed by atoms with van der Waals surface area (Å²) in [5.41, 5.74) is 0.880. The zero-order valence-electron chi connectivity index (χ0n) is 12.5. The van der Waals surface area contributed by atoms with Crippen molar-refractivity contribution in [3.8, 4) is 0 Å². The topological polar surface area (TPSA) is 72.0 Å². The molecule has 0 aliphatic rings. The summed E-state index contributed by atoms with van der Waals surface area (Å²) >= 11 is 2.91. The summed E-state index contributed by atoms with van der Waals surface area (Å²) in [4.78, 5) is 32.6. The molecule has 114 valence electrons. The molecule has 0 atom stereocenters. The van der Waals surface area contributed by atoms with Gasteiger partial charge in [-0.2, -0.15) is 0 Å². The highest BCUT2D eigenvalue weighted by atomic mass is 32.2. The first-order chi connectivity index (χ1) is 9.88. The number of carbonyl (C=O) groups excluding carboxylic acids is 1. The number of carbonyl (C=O) groups is 1. The van der Waals surface area contributed by atoms with Gasteiger partial charge in [-0.1, -0.05) is 0 Å². The van der Waals surface area contributed by atoms with Crippen LogP contribution in [0.4, 0.5) is 0 Å². The van der Waals surface area contributed by atoms with Gasteiger partial charge in [0.25, 0.3) is 5.56 Å². The second-order valence-electron chi connectivity index (χ2n) is 5.01. The summed E-state index contributed by atoms with van der Waals surface area (Å²) in [6.45, 7) is 7.55. The van der Waals surface area contributed by atoms with E-state index in [1.165, 1.54) is 23.1 Å². The van der Waals surface area contributed by atoms with Gasteiger partial charge in [0.2, 0.25) is 0 Å². The molecule has 0 spiro atoms. The molecule has 5 nitrogen and oxygen atoms in total. The van der Waals surface area contributed by atoms with E-state index in [0.717, 1.165) is 15.3 Å². The molecule has 0 fully saturated rings. The molecule has 7 heteroatoms. The average molecular weight is 326 g/mol. The van der Waals surface area contributed by atoms with Crippen molar-refractivity contribution in [3.63, 3.8) is 0 Å². The molecule has 2 heterocycles. The van der Waals surface area contributed by atoms with Crippen molar-refractivity contribution >= 4 is 39.3 Å². The van der Waals surface area contributed by atoms with Gasteiger partial charge in [-0.15, -0.1) is 23.1 Å². The predicted molar refractivity (Wildman–Crippen MR) is 87.1 cm³/mol. The molecule has 0 aromatic carbocycles. The number of nitrogens with zero attached hydrogens (tertiary/aromatic N) is 1. The fourth-order valence-corrected chi connectivity index (χ4v) is 3.61. The standard InChI is InChI=1S/C14H18N2O3S2/c1-7(2)19-11(17)6-20-5-10-15-13(18)12-8(3)9(4)21-14(12)16-10/h7H,5-6H2,1-4H3,(H,15,16,18). The SMILES string of the molecule is Cc1sc2nc(CSCC(=O)OC(C)C)[nH]c(=O)c2c1C. The summed E-state index contributed by atoms with van der Waals surface area (Å²) < 4.78 is 5.05. The Balaban J connectivity index is 2.07. The van der Waals surface area contributed by atoms with Crippen molar-refractivity contribution < 1.29 is 9.53 Å². The maximum atomic E-state index is 12.1. The van der Waals surface area contributed by atoms with Crippen LogP contribution in [-0.2, 0) is 15.3 Å².